The van der Waals surface area contributed by atoms with Gasteiger partial charge < -0.3 is 5.73 Å². The Balaban J connectivity index is 2.49. The number of nitrogens with two attached hydrogens (primary N) is 2. The van der Waals surface area contributed by atoms with Crippen molar-refractivity contribution in [1.29, 1.82) is 0 Å². The first kappa shape index (κ1) is 13.5. The molecule has 1 atom stereocenters. The van der Waals surface area contributed by atoms with Crippen LogP contribution in [0.15, 0.2) is 36.4 Å². The zero-order valence-electron chi connectivity index (χ0n) is 10.5. The van der Waals surface area contributed by atoms with Crippen LogP contribution in [0, 0.1) is 18.6 Å². The molecule has 0 spiro atoms. The topological polar surface area (TPSA) is 64.1 Å². The molecule has 3 nitrogen and oxygen atoms in total. The number of nitrogens with one attached hydrogen (secondary N) is 1. The average molecular weight is 263 g/mol. The maximum absolute atomic E-state index is 13.6. The zero-order valence-corrected chi connectivity index (χ0v) is 10.5. The van der Waals surface area contributed by atoms with Crippen LogP contribution in [-0.4, -0.2) is 0 Å². The van der Waals surface area contributed by atoms with Crippen LogP contribution in [0.3, 0.4) is 0 Å². The Morgan fingerprint density at radius 1 is 1.11 bits per heavy atom. The van der Waals surface area contributed by atoms with Crippen molar-refractivity contribution < 1.29 is 8.78 Å². The molecule has 0 aliphatic rings. The van der Waals surface area contributed by atoms with Gasteiger partial charge in [0.05, 0.1) is 6.04 Å². The standard InChI is InChI=1S/C14H15F2N3/c1-8-2-3-9(6-12(8)16)14(19-18)11-7-10(15)4-5-13(11)17/h2-7,14,19H,17-18H2,1H3. The fourth-order valence-corrected chi connectivity index (χ4v) is 1.95. The van der Waals surface area contributed by atoms with Gasteiger partial charge in [-0.1, -0.05) is 12.1 Å². The van der Waals surface area contributed by atoms with Gasteiger partial charge in [-0.15, -0.1) is 0 Å². The highest BCUT2D eigenvalue weighted by Crippen LogP contribution is 2.27. The predicted octanol–water partition coefficient (Wildman–Crippen LogP) is 2.41. The molecule has 19 heavy (non-hydrogen) atoms. The van der Waals surface area contributed by atoms with Gasteiger partial charge in [-0.05, 0) is 42.3 Å². The highest BCUT2D eigenvalue weighted by Gasteiger charge is 2.17. The average Bonchev–Trinajstić information content (AvgIpc) is 2.38. The van der Waals surface area contributed by atoms with Crippen LogP contribution in [0.25, 0.3) is 0 Å². The maximum Gasteiger partial charge on any atom is 0.126 e. The number of hydrazine groups is 1. The lowest BCUT2D eigenvalue weighted by atomic mass is 9.96. The summed E-state index contributed by atoms with van der Waals surface area (Å²) in [6.45, 7) is 1.67. The summed E-state index contributed by atoms with van der Waals surface area (Å²) < 4.78 is 26.9. The molecule has 0 aliphatic carbocycles. The molecule has 1 unspecified atom stereocenters. The first-order chi connectivity index (χ1) is 9.02. The minimum absolute atomic E-state index is 0.340. The number of benzene rings is 2. The van der Waals surface area contributed by atoms with Crippen LogP contribution in [0.1, 0.15) is 22.7 Å². The van der Waals surface area contributed by atoms with E-state index in [1.165, 1.54) is 24.3 Å². The third kappa shape index (κ3) is 2.72. The normalized spacial score (nSPS) is 12.4. The van der Waals surface area contributed by atoms with Gasteiger partial charge in [0.15, 0.2) is 0 Å². The van der Waals surface area contributed by atoms with Crippen LogP contribution in [-0.2, 0) is 0 Å². The number of hydrogen-bond acceptors (Lipinski definition) is 3. The molecule has 0 saturated carbocycles. The highest BCUT2D eigenvalue weighted by atomic mass is 19.1. The van der Waals surface area contributed by atoms with Gasteiger partial charge in [-0.2, -0.15) is 0 Å². The summed E-state index contributed by atoms with van der Waals surface area (Å²) in [5, 5.41) is 0. The molecule has 0 aliphatic heterocycles. The Kier molecular flexibility index (Phi) is 3.78. The Hall–Kier alpha value is -1.98. The van der Waals surface area contributed by atoms with E-state index in [-0.39, 0.29) is 5.82 Å². The van der Waals surface area contributed by atoms with Gasteiger partial charge in [-0.3, -0.25) is 5.84 Å². The second-order valence-electron chi connectivity index (χ2n) is 4.38. The van der Waals surface area contributed by atoms with E-state index in [9.17, 15) is 8.78 Å². The number of anilines is 1. The van der Waals surface area contributed by atoms with Gasteiger partial charge in [0.1, 0.15) is 11.6 Å². The minimum Gasteiger partial charge on any atom is -0.398 e. The van der Waals surface area contributed by atoms with Crippen LogP contribution in [0.2, 0.25) is 0 Å². The fourth-order valence-electron chi connectivity index (χ4n) is 1.95. The van der Waals surface area contributed by atoms with Crippen molar-refractivity contribution in [2.75, 3.05) is 5.73 Å². The van der Waals surface area contributed by atoms with E-state index in [1.807, 2.05) is 0 Å². The van der Waals surface area contributed by atoms with Gasteiger partial charge >= 0.3 is 0 Å². The molecule has 0 amide bonds. The third-order valence-electron chi connectivity index (χ3n) is 3.06. The molecule has 2 aromatic carbocycles. The molecule has 0 saturated heterocycles. The lowest BCUT2D eigenvalue weighted by molar-refractivity contribution is 0.592. The molecule has 5 N–H and O–H groups in total. The summed E-state index contributed by atoms with van der Waals surface area (Å²) in [7, 11) is 0. The van der Waals surface area contributed by atoms with Crippen molar-refractivity contribution >= 4 is 5.69 Å². The van der Waals surface area contributed by atoms with E-state index in [0.717, 1.165) is 0 Å². The number of hydrogen-bond donors (Lipinski definition) is 3. The summed E-state index contributed by atoms with van der Waals surface area (Å²) in [4.78, 5) is 0. The smallest absolute Gasteiger partial charge is 0.126 e. The zero-order chi connectivity index (χ0) is 14.0. The number of nitrogen functional groups attached to an aromatic ring is 1. The maximum atomic E-state index is 13.6. The Bertz CT molecular complexity index is 599. The van der Waals surface area contributed by atoms with Crippen molar-refractivity contribution in [3.63, 3.8) is 0 Å². The predicted molar refractivity (Wildman–Crippen MR) is 71.1 cm³/mol. The first-order valence-corrected chi connectivity index (χ1v) is 5.80. The Labute approximate surface area is 110 Å². The van der Waals surface area contributed by atoms with E-state index < -0.39 is 11.9 Å². The van der Waals surface area contributed by atoms with Crippen molar-refractivity contribution in [1.82, 2.24) is 5.43 Å². The van der Waals surface area contributed by atoms with E-state index in [2.05, 4.69) is 5.43 Å². The molecule has 5 heteroatoms. The van der Waals surface area contributed by atoms with Gasteiger partial charge in [-0.25, -0.2) is 14.2 Å². The second-order valence-corrected chi connectivity index (χ2v) is 4.38. The van der Waals surface area contributed by atoms with Gasteiger partial charge in [0.25, 0.3) is 0 Å². The Morgan fingerprint density at radius 2 is 1.84 bits per heavy atom. The molecule has 0 bridgehead atoms. The van der Waals surface area contributed by atoms with Crippen molar-refractivity contribution in [2.24, 2.45) is 5.84 Å². The van der Waals surface area contributed by atoms with Crippen LogP contribution in [0.5, 0.6) is 0 Å². The summed E-state index contributed by atoms with van der Waals surface area (Å²) in [5.41, 5.74) is 10.3. The molecule has 2 aromatic rings. The van der Waals surface area contributed by atoms with Crippen LogP contribution < -0.4 is 17.0 Å². The van der Waals surface area contributed by atoms with E-state index in [1.54, 1.807) is 19.1 Å². The van der Waals surface area contributed by atoms with Crippen molar-refractivity contribution in [3.8, 4) is 0 Å². The fraction of sp³-hybridized carbons (Fsp3) is 0.143. The quantitative estimate of drug-likeness (QED) is 0.452. The number of halogens is 2. The van der Waals surface area contributed by atoms with Crippen molar-refractivity contribution in [2.45, 2.75) is 13.0 Å². The molecule has 0 heterocycles. The molecule has 100 valence electrons. The van der Waals surface area contributed by atoms with Gasteiger partial charge in [0.2, 0.25) is 0 Å². The molecule has 0 aromatic heterocycles. The van der Waals surface area contributed by atoms with Gasteiger partial charge in [0, 0.05) is 11.3 Å². The number of aryl methyl sites for hydroxylation is 1. The van der Waals surface area contributed by atoms with Crippen LogP contribution in [0.4, 0.5) is 14.5 Å². The summed E-state index contributed by atoms with van der Waals surface area (Å²) in [5.74, 6) is 4.73. The minimum atomic E-state index is -0.564. The molecular weight excluding hydrogens is 248 g/mol. The SMILES string of the molecule is Cc1ccc(C(NN)c2cc(F)ccc2N)cc1F. The number of rotatable bonds is 3. The lowest BCUT2D eigenvalue weighted by Crippen LogP contribution is -2.29. The van der Waals surface area contributed by atoms with E-state index >= 15 is 0 Å². The molecular formula is C14H15F2N3. The molecule has 0 radical (unpaired) electrons. The van der Waals surface area contributed by atoms with Crippen LogP contribution >= 0.6 is 0 Å². The second kappa shape index (κ2) is 5.34. The Morgan fingerprint density at radius 3 is 2.47 bits per heavy atom. The van der Waals surface area contributed by atoms with Crippen molar-refractivity contribution in [3.05, 3.63) is 64.7 Å². The largest absolute Gasteiger partial charge is 0.398 e. The lowest BCUT2D eigenvalue weighted by Gasteiger charge is -2.19. The molecule has 2 rings (SSSR count). The monoisotopic (exact) mass is 263 g/mol. The third-order valence-corrected chi connectivity index (χ3v) is 3.06. The summed E-state index contributed by atoms with van der Waals surface area (Å²) >= 11 is 0. The van der Waals surface area contributed by atoms with E-state index in [0.29, 0.717) is 22.4 Å². The van der Waals surface area contributed by atoms with E-state index in [4.69, 9.17) is 11.6 Å². The molecule has 0 fully saturated rings. The first-order valence-electron chi connectivity index (χ1n) is 5.80. The summed E-state index contributed by atoms with van der Waals surface area (Å²) in [6.07, 6.45) is 0. The summed E-state index contributed by atoms with van der Waals surface area (Å²) in [6, 6.07) is 8.19. The highest BCUT2D eigenvalue weighted by molar-refractivity contribution is 5.51.